The highest BCUT2D eigenvalue weighted by atomic mass is 127. The van der Waals surface area contributed by atoms with E-state index in [1.54, 1.807) is 13.1 Å². The second kappa shape index (κ2) is 8.21. The second-order valence-corrected chi connectivity index (χ2v) is 5.71. The standard InChI is InChI=1S/C16H22F3N3.HI/c1-3-9-21-14(20-2)22-11-15(7-8-15)12-5-4-6-13(10-12)16(17,18)19;/h4-6,10H,3,7-9,11H2,1-2H3,(H2,20,21,22);1H. The molecule has 1 saturated carbocycles. The van der Waals surface area contributed by atoms with Gasteiger partial charge in [-0.05, 0) is 30.9 Å². The Bertz CT molecular complexity index is 540. The molecule has 1 fully saturated rings. The Morgan fingerprint density at radius 2 is 1.96 bits per heavy atom. The molecule has 7 heteroatoms. The van der Waals surface area contributed by atoms with E-state index in [0.29, 0.717) is 12.5 Å². The molecule has 130 valence electrons. The fraction of sp³-hybridized carbons (Fsp3) is 0.562. The van der Waals surface area contributed by atoms with Crippen molar-refractivity contribution >= 4 is 29.9 Å². The zero-order chi connectivity index (χ0) is 16.2. The lowest BCUT2D eigenvalue weighted by Gasteiger charge is -2.20. The molecular formula is C16H23F3IN3. The summed E-state index contributed by atoms with van der Waals surface area (Å²) in [6, 6.07) is 5.67. The first kappa shape index (κ1) is 20.1. The van der Waals surface area contributed by atoms with Crippen LogP contribution in [0.5, 0.6) is 0 Å². The molecule has 2 N–H and O–H groups in total. The normalized spacial score (nSPS) is 16.5. The number of halogens is 4. The van der Waals surface area contributed by atoms with Crippen molar-refractivity contribution in [2.24, 2.45) is 4.99 Å². The predicted octanol–water partition coefficient (Wildman–Crippen LogP) is 3.93. The number of rotatable bonds is 5. The molecule has 2 rings (SSSR count). The maximum Gasteiger partial charge on any atom is 0.416 e. The van der Waals surface area contributed by atoms with Gasteiger partial charge in [0.2, 0.25) is 0 Å². The second-order valence-electron chi connectivity index (χ2n) is 5.71. The number of benzene rings is 1. The van der Waals surface area contributed by atoms with Crippen molar-refractivity contribution in [3.05, 3.63) is 35.4 Å². The Hall–Kier alpha value is -0.990. The lowest BCUT2D eigenvalue weighted by molar-refractivity contribution is -0.137. The number of guanidine groups is 1. The zero-order valence-corrected chi connectivity index (χ0v) is 15.7. The molecule has 1 aliphatic rings. The molecule has 0 saturated heterocycles. The third-order valence-corrected chi connectivity index (χ3v) is 4.02. The molecular weight excluding hydrogens is 418 g/mol. The summed E-state index contributed by atoms with van der Waals surface area (Å²) in [7, 11) is 1.69. The summed E-state index contributed by atoms with van der Waals surface area (Å²) in [5.74, 6) is 0.695. The van der Waals surface area contributed by atoms with E-state index in [0.717, 1.165) is 37.4 Å². The maximum atomic E-state index is 12.8. The van der Waals surface area contributed by atoms with Gasteiger partial charge in [-0.1, -0.05) is 25.1 Å². The number of alkyl halides is 3. The molecule has 0 spiro atoms. The van der Waals surface area contributed by atoms with Crippen LogP contribution in [0.2, 0.25) is 0 Å². The molecule has 0 aliphatic heterocycles. The van der Waals surface area contributed by atoms with Crippen LogP contribution in [0, 0.1) is 0 Å². The van der Waals surface area contributed by atoms with E-state index >= 15 is 0 Å². The van der Waals surface area contributed by atoms with Crippen molar-refractivity contribution in [3.63, 3.8) is 0 Å². The summed E-state index contributed by atoms with van der Waals surface area (Å²) in [6.45, 7) is 3.47. The molecule has 0 atom stereocenters. The first-order chi connectivity index (χ1) is 10.4. The minimum Gasteiger partial charge on any atom is -0.356 e. The molecule has 0 heterocycles. The summed E-state index contributed by atoms with van der Waals surface area (Å²) in [5.41, 5.74) is -0.0315. The van der Waals surface area contributed by atoms with Crippen LogP contribution in [0.25, 0.3) is 0 Å². The van der Waals surface area contributed by atoms with Gasteiger partial charge in [0, 0.05) is 25.6 Å². The van der Waals surface area contributed by atoms with Gasteiger partial charge in [0.1, 0.15) is 0 Å². The highest BCUT2D eigenvalue weighted by Gasteiger charge is 2.45. The van der Waals surface area contributed by atoms with Gasteiger partial charge in [-0.3, -0.25) is 4.99 Å². The summed E-state index contributed by atoms with van der Waals surface area (Å²) < 4.78 is 38.5. The number of nitrogens with one attached hydrogen (secondary N) is 2. The number of nitrogens with zero attached hydrogens (tertiary/aromatic N) is 1. The Labute approximate surface area is 152 Å². The topological polar surface area (TPSA) is 36.4 Å². The van der Waals surface area contributed by atoms with Crippen LogP contribution in [-0.2, 0) is 11.6 Å². The molecule has 0 amide bonds. The van der Waals surface area contributed by atoms with Crippen LogP contribution < -0.4 is 10.6 Å². The minimum absolute atomic E-state index is 0. The number of aliphatic imine (C=N–C) groups is 1. The van der Waals surface area contributed by atoms with Gasteiger partial charge in [0.25, 0.3) is 0 Å². The van der Waals surface area contributed by atoms with E-state index in [2.05, 4.69) is 22.5 Å². The minimum atomic E-state index is -4.29. The fourth-order valence-electron chi connectivity index (χ4n) is 2.46. The Kier molecular flexibility index (Phi) is 7.16. The van der Waals surface area contributed by atoms with Crippen LogP contribution in [0.15, 0.2) is 29.3 Å². The first-order valence-electron chi connectivity index (χ1n) is 7.53. The van der Waals surface area contributed by atoms with E-state index in [1.165, 1.54) is 12.1 Å². The zero-order valence-electron chi connectivity index (χ0n) is 13.3. The summed E-state index contributed by atoms with van der Waals surface area (Å²) >= 11 is 0. The largest absolute Gasteiger partial charge is 0.416 e. The number of hydrogen-bond donors (Lipinski definition) is 2. The monoisotopic (exact) mass is 441 g/mol. The molecule has 1 aromatic rings. The average Bonchev–Trinajstić information content (AvgIpc) is 3.28. The van der Waals surface area contributed by atoms with Crippen molar-refractivity contribution < 1.29 is 13.2 Å². The van der Waals surface area contributed by atoms with Gasteiger partial charge in [0.15, 0.2) is 5.96 Å². The van der Waals surface area contributed by atoms with E-state index in [4.69, 9.17) is 0 Å². The lowest BCUT2D eigenvalue weighted by Crippen LogP contribution is -2.41. The van der Waals surface area contributed by atoms with Gasteiger partial charge >= 0.3 is 6.18 Å². The van der Waals surface area contributed by atoms with E-state index < -0.39 is 11.7 Å². The Morgan fingerprint density at radius 1 is 1.26 bits per heavy atom. The van der Waals surface area contributed by atoms with Crippen LogP contribution in [0.3, 0.4) is 0 Å². The van der Waals surface area contributed by atoms with Crippen molar-refractivity contribution in [1.29, 1.82) is 0 Å². The molecule has 0 aromatic heterocycles. The highest BCUT2D eigenvalue weighted by molar-refractivity contribution is 14.0. The Morgan fingerprint density at radius 3 is 2.48 bits per heavy atom. The molecule has 0 unspecified atom stereocenters. The van der Waals surface area contributed by atoms with Gasteiger partial charge in [-0.15, -0.1) is 24.0 Å². The fourth-order valence-corrected chi connectivity index (χ4v) is 2.46. The molecule has 3 nitrogen and oxygen atoms in total. The highest BCUT2D eigenvalue weighted by Crippen LogP contribution is 2.48. The smallest absolute Gasteiger partial charge is 0.356 e. The quantitative estimate of drug-likeness (QED) is 0.413. The van der Waals surface area contributed by atoms with Crippen LogP contribution in [-0.4, -0.2) is 26.1 Å². The van der Waals surface area contributed by atoms with Crippen molar-refractivity contribution in [1.82, 2.24) is 10.6 Å². The van der Waals surface area contributed by atoms with E-state index in [-0.39, 0.29) is 29.4 Å². The van der Waals surface area contributed by atoms with Gasteiger partial charge in [-0.25, -0.2) is 0 Å². The molecule has 0 bridgehead atoms. The van der Waals surface area contributed by atoms with E-state index in [9.17, 15) is 13.2 Å². The third kappa shape index (κ3) is 5.26. The lowest BCUT2D eigenvalue weighted by atomic mass is 9.94. The molecule has 1 aromatic carbocycles. The van der Waals surface area contributed by atoms with Gasteiger partial charge < -0.3 is 10.6 Å². The summed E-state index contributed by atoms with van der Waals surface area (Å²) in [4.78, 5) is 4.12. The van der Waals surface area contributed by atoms with Crippen molar-refractivity contribution in [3.8, 4) is 0 Å². The first-order valence-corrected chi connectivity index (χ1v) is 7.53. The van der Waals surface area contributed by atoms with Crippen molar-refractivity contribution in [2.75, 3.05) is 20.1 Å². The molecule has 0 radical (unpaired) electrons. The molecule has 1 aliphatic carbocycles. The van der Waals surface area contributed by atoms with Crippen LogP contribution >= 0.6 is 24.0 Å². The van der Waals surface area contributed by atoms with Gasteiger partial charge in [-0.2, -0.15) is 13.2 Å². The number of hydrogen-bond acceptors (Lipinski definition) is 1. The van der Waals surface area contributed by atoms with E-state index in [1.807, 2.05) is 0 Å². The third-order valence-electron chi connectivity index (χ3n) is 4.02. The van der Waals surface area contributed by atoms with Crippen LogP contribution in [0.4, 0.5) is 13.2 Å². The average molecular weight is 441 g/mol. The van der Waals surface area contributed by atoms with Crippen molar-refractivity contribution in [2.45, 2.75) is 37.8 Å². The Balaban J connectivity index is 0.00000264. The van der Waals surface area contributed by atoms with Gasteiger partial charge in [0.05, 0.1) is 5.56 Å². The maximum absolute atomic E-state index is 12.8. The summed E-state index contributed by atoms with van der Waals surface area (Å²) in [6.07, 6.45) is -1.52. The predicted molar refractivity (Wildman–Crippen MR) is 97.4 cm³/mol. The summed E-state index contributed by atoms with van der Waals surface area (Å²) in [5, 5.41) is 6.39. The SMILES string of the molecule is CCCNC(=NC)NCC1(c2cccc(C(F)(F)F)c2)CC1.I. The molecule has 23 heavy (non-hydrogen) atoms. The van der Waals surface area contributed by atoms with Crippen LogP contribution in [0.1, 0.15) is 37.3 Å².